The largest absolute Gasteiger partial charge is 0.339 e. The molecule has 0 radical (unpaired) electrons. The molecule has 2 N–H and O–H groups in total. The number of carbonyl (C=O) groups excluding carboxylic acids is 2. The molecule has 1 saturated heterocycles. The van der Waals surface area contributed by atoms with Crippen LogP contribution < -0.4 is 10.6 Å². The highest BCUT2D eigenvalue weighted by Gasteiger charge is 2.19. The Labute approximate surface area is 154 Å². The smallest absolute Gasteiger partial charge is 0.253 e. The molecule has 1 heterocycles. The first-order chi connectivity index (χ1) is 12.6. The van der Waals surface area contributed by atoms with Crippen molar-refractivity contribution in [3.05, 3.63) is 65.7 Å². The lowest BCUT2D eigenvalue weighted by molar-refractivity contribution is -0.115. The van der Waals surface area contributed by atoms with E-state index in [9.17, 15) is 9.59 Å². The van der Waals surface area contributed by atoms with Crippen molar-refractivity contribution in [2.45, 2.75) is 25.8 Å². The number of nitrogens with zero attached hydrogens (tertiary/aromatic N) is 1. The first-order valence-corrected chi connectivity index (χ1v) is 9.11. The van der Waals surface area contributed by atoms with Crippen LogP contribution in [0.25, 0.3) is 0 Å². The predicted octanol–water partition coefficient (Wildman–Crippen LogP) is 3.21. The molecule has 1 atom stereocenters. The van der Waals surface area contributed by atoms with Gasteiger partial charge in [-0.1, -0.05) is 36.4 Å². The fourth-order valence-corrected chi connectivity index (χ4v) is 3.14. The number of benzene rings is 2. The Kier molecular flexibility index (Phi) is 6.02. The zero-order valence-corrected chi connectivity index (χ0v) is 15.1. The minimum Gasteiger partial charge on any atom is -0.339 e. The van der Waals surface area contributed by atoms with Gasteiger partial charge in [0.05, 0.1) is 6.54 Å². The second-order valence-electron chi connectivity index (χ2n) is 6.64. The van der Waals surface area contributed by atoms with E-state index in [1.165, 1.54) is 0 Å². The van der Waals surface area contributed by atoms with Crippen molar-refractivity contribution >= 4 is 17.5 Å². The topological polar surface area (TPSA) is 61.4 Å². The minimum absolute atomic E-state index is 0.0365. The number of carbonyl (C=O) groups is 2. The summed E-state index contributed by atoms with van der Waals surface area (Å²) in [5.74, 6) is -0.0898. The molecule has 3 rings (SSSR count). The van der Waals surface area contributed by atoms with Crippen LogP contribution in [0.3, 0.4) is 0 Å². The third kappa shape index (κ3) is 4.70. The fraction of sp³-hybridized carbons (Fsp3) is 0.333. The highest BCUT2D eigenvalue weighted by molar-refractivity contribution is 5.97. The number of amides is 2. The van der Waals surface area contributed by atoms with Crippen LogP contribution in [0, 0.1) is 0 Å². The Hall–Kier alpha value is -2.66. The molecule has 2 amide bonds. The van der Waals surface area contributed by atoms with E-state index in [1.54, 1.807) is 24.3 Å². The van der Waals surface area contributed by atoms with E-state index in [4.69, 9.17) is 0 Å². The SMILES string of the molecule is CC(NCC(=O)Nc1cccc(C(=O)N2CCCC2)c1)c1ccccc1. The molecule has 1 aliphatic rings. The summed E-state index contributed by atoms with van der Waals surface area (Å²) in [5, 5.41) is 6.08. The summed E-state index contributed by atoms with van der Waals surface area (Å²) in [6.45, 7) is 3.87. The predicted molar refractivity (Wildman–Crippen MR) is 103 cm³/mol. The Morgan fingerprint density at radius 2 is 1.77 bits per heavy atom. The van der Waals surface area contributed by atoms with Crippen LogP contribution in [-0.4, -0.2) is 36.3 Å². The van der Waals surface area contributed by atoms with Gasteiger partial charge in [-0.3, -0.25) is 9.59 Å². The molecule has 1 unspecified atom stereocenters. The molecule has 0 spiro atoms. The average molecular weight is 351 g/mol. The molecular formula is C21H25N3O2. The van der Waals surface area contributed by atoms with Gasteiger partial charge in [0.2, 0.25) is 5.91 Å². The van der Waals surface area contributed by atoms with E-state index in [0.29, 0.717) is 11.3 Å². The average Bonchev–Trinajstić information content (AvgIpc) is 3.21. The van der Waals surface area contributed by atoms with Gasteiger partial charge in [-0.25, -0.2) is 0 Å². The Bertz CT molecular complexity index is 755. The van der Waals surface area contributed by atoms with Gasteiger partial charge in [0.15, 0.2) is 0 Å². The van der Waals surface area contributed by atoms with E-state index in [2.05, 4.69) is 10.6 Å². The number of likely N-dealkylation sites (tertiary alicyclic amines) is 1. The molecule has 26 heavy (non-hydrogen) atoms. The van der Waals surface area contributed by atoms with Crippen LogP contribution in [0.2, 0.25) is 0 Å². The summed E-state index contributed by atoms with van der Waals surface area (Å²) in [4.78, 5) is 26.5. The third-order valence-corrected chi connectivity index (χ3v) is 4.65. The number of rotatable bonds is 6. The molecule has 2 aromatic rings. The van der Waals surface area contributed by atoms with E-state index in [-0.39, 0.29) is 24.4 Å². The van der Waals surface area contributed by atoms with Gasteiger partial charge in [-0.2, -0.15) is 0 Å². The van der Waals surface area contributed by atoms with Crippen molar-refractivity contribution in [2.75, 3.05) is 25.0 Å². The second-order valence-corrected chi connectivity index (χ2v) is 6.64. The van der Waals surface area contributed by atoms with Crippen molar-refractivity contribution in [3.63, 3.8) is 0 Å². The van der Waals surface area contributed by atoms with Gasteiger partial charge in [-0.15, -0.1) is 0 Å². The minimum atomic E-state index is -0.126. The molecule has 0 saturated carbocycles. The van der Waals surface area contributed by atoms with Gasteiger partial charge in [0, 0.05) is 30.4 Å². The normalized spacial score (nSPS) is 14.9. The molecule has 0 aromatic heterocycles. The van der Waals surface area contributed by atoms with Gasteiger partial charge in [0.1, 0.15) is 0 Å². The van der Waals surface area contributed by atoms with E-state index in [0.717, 1.165) is 31.5 Å². The van der Waals surface area contributed by atoms with Gasteiger partial charge in [-0.05, 0) is 43.5 Å². The molecule has 1 aliphatic heterocycles. The molecule has 2 aromatic carbocycles. The summed E-state index contributed by atoms with van der Waals surface area (Å²) < 4.78 is 0. The Morgan fingerprint density at radius 1 is 1.04 bits per heavy atom. The number of hydrogen-bond donors (Lipinski definition) is 2. The van der Waals surface area contributed by atoms with E-state index in [1.807, 2.05) is 42.2 Å². The standard InChI is InChI=1S/C21H25N3O2/c1-16(17-8-3-2-4-9-17)22-15-20(25)23-19-11-7-10-18(14-19)21(26)24-12-5-6-13-24/h2-4,7-11,14,16,22H,5-6,12-13,15H2,1H3,(H,23,25). The lowest BCUT2D eigenvalue weighted by atomic mass is 10.1. The lowest BCUT2D eigenvalue weighted by Crippen LogP contribution is -2.30. The summed E-state index contributed by atoms with van der Waals surface area (Å²) in [6, 6.07) is 17.2. The zero-order chi connectivity index (χ0) is 18.4. The second kappa shape index (κ2) is 8.63. The van der Waals surface area contributed by atoms with Gasteiger partial charge < -0.3 is 15.5 Å². The van der Waals surface area contributed by atoms with Crippen LogP contribution in [-0.2, 0) is 4.79 Å². The van der Waals surface area contributed by atoms with Crippen LogP contribution in [0.4, 0.5) is 5.69 Å². The van der Waals surface area contributed by atoms with Crippen molar-refractivity contribution in [1.29, 1.82) is 0 Å². The summed E-state index contributed by atoms with van der Waals surface area (Å²) >= 11 is 0. The van der Waals surface area contributed by atoms with Crippen LogP contribution >= 0.6 is 0 Å². The van der Waals surface area contributed by atoms with Gasteiger partial charge >= 0.3 is 0 Å². The van der Waals surface area contributed by atoms with Crippen molar-refractivity contribution in [3.8, 4) is 0 Å². The van der Waals surface area contributed by atoms with Gasteiger partial charge in [0.25, 0.3) is 5.91 Å². The Morgan fingerprint density at radius 3 is 2.50 bits per heavy atom. The zero-order valence-electron chi connectivity index (χ0n) is 15.1. The van der Waals surface area contributed by atoms with E-state index >= 15 is 0 Å². The fourth-order valence-electron chi connectivity index (χ4n) is 3.14. The first kappa shape index (κ1) is 18.1. The van der Waals surface area contributed by atoms with Crippen LogP contribution in [0.5, 0.6) is 0 Å². The van der Waals surface area contributed by atoms with Crippen molar-refractivity contribution < 1.29 is 9.59 Å². The van der Waals surface area contributed by atoms with Crippen molar-refractivity contribution in [2.24, 2.45) is 0 Å². The molecule has 5 nitrogen and oxygen atoms in total. The van der Waals surface area contributed by atoms with Crippen molar-refractivity contribution in [1.82, 2.24) is 10.2 Å². The summed E-state index contributed by atoms with van der Waals surface area (Å²) in [5.41, 5.74) is 2.41. The third-order valence-electron chi connectivity index (χ3n) is 4.65. The maximum atomic E-state index is 12.5. The number of anilines is 1. The number of nitrogens with one attached hydrogen (secondary N) is 2. The highest BCUT2D eigenvalue weighted by Crippen LogP contribution is 2.16. The maximum absolute atomic E-state index is 12.5. The highest BCUT2D eigenvalue weighted by atomic mass is 16.2. The molecule has 0 aliphatic carbocycles. The molecule has 136 valence electrons. The van der Waals surface area contributed by atoms with Crippen LogP contribution in [0.15, 0.2) is 54.6 Å². The van der Waals surface area contributed by atoms with Crippen LogP contribution in [0.1, 0.15) is 41.7 Å². The molecule has 1 fully saturated rings. The monoisotopic (exact) mass is 351 g/mol. The lowest BCUT2D eigenvalue weighted by Gasteiger charge is -2.16. The van der Waals surface area contributed by atoms with E-state index < -0.39 is 0 Å². The molecule has 5 heteroatoms. The number of hydrogen-bond acceptors (Lipinski definition) is 3. The first-order valence-electron chi connectivity index (χ1n) is 9.11. The summed E-state index contributed by atoms with van der Waals surface area (Å²) in [7, 11) is 0. The summed E-state index contributed by atoms with van der Waals surface area (Å²) in [6.07, 6.45) is 2.13. The maximum Gasteiger partial charge on any atom is 0.253 e. The molecule has 0 bridgehead atoms. The Balaban J connectivity index is 1.54. The quantitative estimate of drug-likeness (QED) is 0.840. The molecular weight excluding hydrogens is 326 g/mol.